The molecule has 1 unspecified atom stereocenters. The minimum absolute atomic E-state index is 0.148. The smallest absolute Gasteiger partial charge is 0.120 e. The number of nitrogens with one attached hydrogen (secondary N) is 1. The van der Waals surface area contributed by atoms with Gasteiger partial charge >= 0.3 is 0 Å². The largest absolute Gasteiger partial charge is 0.489 e. The molecule has 1 aromatic rings. The summed E-state index contributed by atoms with van der Waals surface area (Å²) < 4.78 is 6.12. The normalized spacial score (nSPS) is 16.2. The Balaban J connectivity index is 1.94. The number of fused-ring (bicyclic) bond motifs is 1. The molecule has 0 saturated carbocycles. The molecular formula is C17H27NO. The molecule has 2 heteroatoms. The molecule has 0 radical (unpaired) electrons. The van der Waals surface area contributed by atoms with Gasteiger partial charge in [-0.25, -0.2) is 0 Å². The van der Waals surface area contributed by atoms with Crippen LogP contribution in [0.3, 0.4) is 0 Å². The Labute approximate surface area is 117 Å². The minimum Gasteiger partial charge on any atom is -0.489 e. The lowest BCUT2D eigenvalue weighted by molar-refractivity contribution is 0.181. The highest BCUT2D eigenvalue weighted by atomic mass is 16.5. The Kier molecular flexibility index (Phi) is 4.51. The van der Waals surface area contributed by atoms with Gasteiger partial charge in [0, 0.05) is 12.1 Å². The van der Waals surface area contributed by atoms with Crippen molar-refractivity contribution in [1.82, 2.24) is 5.32 Å². The summed E-state index contributed by atoms with van der Waals surface area (Å²) in [5.41, 5.74) is 3.14. The number of rotatable bonds is 5. The topological polar surface area (TPSA) is 21.3 Å². The monoisotopic (exact) mass is 261 g/mol. The van der Waals surface area contributed by atoms with Crippen LogP contribution < -0.4 is 10.1 Å². The van der Waals surface area contributed by atoms with Crippen molar-refractivity contribution in [2.24, 2.45) is 0 Å². The van der Waals surface area contributed by atoms with Crippen LogP contribution in [-0.4, -0.2) is 18.2 Å². The summed E-state index contributed by atoms with van der Waals surface area (Å²) in [6.45, 7) is 9.65. The predicted octanol–water partition coefficient (Wildman–Crippen LogP) is 3.72. The molecule has 2 nitrogen and oxygen atoms in total. The van der Waals surface area contributed by atoms with Gasteiger partial charge in [-0.05, 0) is 69.7 Å². The fourth-order valence-electron chi connectivity index (χ4n) is 2.50. The van der Waals surface area contributed by atoms with Crippen molar-refractivity contribution < 1.29 is 4.74 Å². The predicted molar refractivity (Wildman–Crippen MR) is 80.9 cm³/mol. The van der Waals surface area contributed by atoms with Crippen molar-refractivity contribution in [3.63, 3.8) is 0 Å². The molecule has 0 amide bonds. The maximum Gasteiger partial charge on any atom is 0.120 e. The van der Waals surface area contributed by atoms with Gasteiger partial charge in [-0.1, -0.05) is 13.0 Å². The molecule has 1 aromatic carbocycles. The molecule has 19 heavy (non-hydrogen) atoms. The van der Waals surface area contributed by atoms with Crippen LogP contribution in [0.5, 0.6) is 5.75 Å². The molecule has 0 aliphatic heterocycles. The summed E-state index contributed by atoms with van der Waals surface area (Å²) >= 11 is 0. The molecule has 0 bridgehead atoms. The SMILES string of the molecule is CCC(CNC(C)(C)C)Oc1ccc2c(c1)CCC2. The number of benzene rings is 1. The van der Waals surface area contributed by atoms with Crippen LogP contribution in [0.25, 0.3) is 0 Å². The summed E-state index contributed by atoms with van der Waals surface area (Å²) in [5, 5.41) is 3.52. The molecule has 0 saturated heterocycles. The van der Waals surface area contributed by atoms with Gasteiger partial charge in [0.25, 0.3) is 0 Å². The van der Waals surface area contributed by atoms with E-state index in [1.165, 1.54) is 30.4 Å². The molecule has 106 valence electrons. The van der Waals surface area contributed by atoms with E-state index in [-0.39, 0.29) is 11.6 Å². The summed E-state index contributed by atoms with van der Waals surface area (Å²) in [5.74, 6) is 1.03. The first-order valence-corrected chi connectivity index (χ1v) is 7.51. The van der Waals surface area contributed by atoms with Crippen molar-refractivity contribution >= 4 is 0 Å². The van der Waals surface area contributed by atoms with Gasteiger partial charge in [0.15, 0.2) is 0 Å². The van der Waals surface area contributed by atoms with Crippen LogP contribution in [0.15, 0.2) is 18.2 Å². The highest BCUT2D eigenvalue weighted by Crippen LogP contribution is 2.26. The van der Waals surface area contributed by atoms with Gasteiger partial charge in [-0.15, -0.1) is 0 Å². The highest BCUT2D eigenvalue weighted by Gasteiger charge is 2.16. The third-order valence-corrected chi connectivity index (χ3v) is 3.69. The van der Waals surface area contributed by atoms with Crippen LogP contribution in [0.1, 0.15) is 51.7 Å². The molecule has 0 fully saturated rings. The summed E-state index contributed by atoms with van der Waals surface area (Å²) in [6.07, 6.45) is 5.02. The van der Waals surface area contributed by atoms with Gasteiger partial charge in [0.2, 0.25) is 0 Å². The molecule has 2 rings (SSSR count). The van der Waals surface area contributed by atoms with Crippen LogP contribution in [0.4, 0.5) is 0 Å². The number of ether oxygens (including phenoxy) is 1. The molecular weight excluding hydrogens is 234 g/mol. The molecule has 1 N–H and O–H groups in total. The maximum atomic E-state index is 6.12. The summed E-state index contributed by atoms with van der Waals surface area (Å²) in [6, 6.07) is 6.60. The van der Waals surface area contributed by atoms with E-state index in [9.17, 15) is 0 Å². The van der Waals surface area contributed by atoms with Gasteiger partial charge in [-0.3, -0.25) is 0 Å². The Hall–Kier alpha value is -1.02. The second-order valence-electron chi connectivity index (χ2n) is 6.56. The lowest BCUT2D eigenvalue weighted by Crippen LogP contribution is -2.42. The van der Waals surface area contributed by atoms with Crippen molar-refractivity contribution in [3.05, 3.63) is 29.3 Å². The van der Waals surface area contributed by atoms with Gasteiger partial charge in [0.1, 0.15) is 11.9 Å². The fourth-order valence-corrected chi connectivity index (χ4v) is 2.50. The highest BCUT2D eigenvalue weighted by molar-refractivity contribution is 5.38. The molecule has 0 aromatic heterocycles. The lowest BCUT2D eigenvalue weighted by atomic mass is 10.1. The Morgan fingerprint density at radius 1 is 1.21 bits per heavy atom. The van der Waals surface area contributed by atoms with Crippen molar-refractivity contribution in [2.45, 2.75) is 65.0 Å². The van der Waals surface area contributed by atoms with Gasteiger partial charge in [0.05, 0.1) is 0 Å². The lowest BCUT2D eigenvalue weighted by Gasteiger charge is -2.25. The molecule has 1 atom stereocenters. The van der Waals surface area contributed by atoms with E-state index in [1.807, 2.05) is 0 Å². The second-order valence-corrected chi connectivity index (χ2v) is 6.56. The molecule has 1 aliphatic rings. The zero-order valence-corrected chi connectivity index (χ0v) is 12.8. The second kappa shape index (κ2) is 5.96. The first-order valence-electron chi connectivity index (χ1n) is 7.51. The number of aryl methyl sites for hydroxylation is 2. The van der Waals surface area contributed by atoms with Crippen molar-refractivity contribution in [3.8, 4) is 5.75 Å². The summed E-state index contributed by atoms with van der Waals surface area (Å²) in [7, 11) is 0. The average Bonchev–Trinajstić information content (AvgIpc) is 2.80. The Bertz CT molecular complexity index is 420. The average molecular weight is 261 g/mol. The number of hydrogen-bond donors (Lipinski definition) is 1. The van der Waals surface area contributed by atoms with E-state index in [1.54, 1.807) is 0 Å². The van der Waals surface area contributed by atoms with E-state index in [2.05, 4.69) is 51.2 Å². The van der Waals surface area contributed by atoms with Crippen LogP contribution >= 0.6 is 0 Å². The molecule has 1 aliphatic carbocycles. The zero-order valence-electron chi connectivity index (χ0n) is 12.8. The molecule has 0 spiro atoms. The van der Waals surface area contributed by atoms with E-state index in [0.29, 0.717) is 0 Å². The van der Waals surface area contributed by atoms with E-state index >= 15 is 0 Å². The molecule has 0 heterocycles. The third kappa shape index (κ3) is 4.24. The zero-order chi connectivity index (χ0) is 13.9. The third-order valence-electron chi connectivity index (χ3n) is 3.69. The summed E-state index contributed by atoms with van der Waals surface area (Å²) in [4.78, 5) is 0. The first kappa shape index (κ1) is 14.4. The van der Waals surface area contributed by atoms with Crippen molar-refractivity contribution in [2.75, 3.05) is 6.54 Å². The van der Waals surface area contributed by atoms with Crippen LogP contribution in [0, 0.1) is 0 Å². The van der Waals surface area contributed by atoms with Crippen LogP contribution in [0.2, 0.25) is 0 Å². The van der Waals surface area contributed by atoms with E-state index in [0.717, 1.165) is 18.7 Å². The Morgan fingerprint density at radius 3 is 2.63 bits per heavy atom. The van der Waals surface area contributed by atoms with Gasteiger partial charge < -0.3 is 10.1 Å². The van der Waals surface area contributed by atoms with Crippen LogP contribution in [-0.2, 0) is 12.8 Å². The number of hydrogen-bond acceptors (Lipinski definition) is 2. The van der Waals surface area contributed by atoms with Gasteiger partial charge in [-0.2, -0.15) is 0 Å². The van der Waals surface area contributed by atoms with E-state index < -0.39 is 0 Å². The van der Waals surface area contributed by atoms with Crippen molar-refractivity contribution in [1.29, 1.82) is 0 Å². The minimum atomic E-state index is 0.148. The quantitative estimate of drug-likeness (QED) is 0.872. The Morgan fingerprint density at radius 2 is 1.95 bits per heavy atom. The standard InChI is InChI=1S/C17H27NO/c1-5-15(12-18-17(2,3)4)19-16-10-9-13-7-6-8-14(13)11-16/h9-11,15,18H,5-8,12H2,1-4H3. The fraction of sp³-hybridized carbons (Fsp3) is 0.647. The first-order chi connectivity index (χ1) is 8.98. The maximum absolute atomic E-state index is 6.12. The van der Waals surface area contributed by atoms with E-state index in [4.69, 9.17) is 4.74 Å².